The third kappa shape index (κ3) is 4.87. The second-order valence-electron chi connectivity index (χ2n) is 13.2. The lowest BCUT2D eigenvalue weighted by Crippen LogP contribution is -2.02. The fourth-order valence-corrected chi connectivity index (χ4v) is 7.60. The van der Waals surface area contributed by atoms with Crippen LogP contribution in [0.5, 0.6) is 0 Å². The van der Waals surface area contributed by atoms with Crippen LogP contribution in [-0.2, 0) is 0 Å². The van der Waals surface area contributed by atoms with Gasteiger partial charge in [0.2, 0.25) is 0 Å². The molecule has 0 saturated carbocycles. The molecule has 8 rings (SSSR count). The van der Waals surface area contributed by atoms with Gasteiger partial charge in [0.05, 0.1) is 22.8 Å². The van der Waals surface area contributed by atoms with Crippen molar-refractivity contribution in [2.45, 2.75) is 55.4 Å². The molecule has 0 N–H and O–H groups in total. The minimum absolute atomic E-state index is 0.736. The Bertz CT molecular complexity index is 2340. The van der Waals surface area contributed by atoms with Gasteiger partial charge in [0.1, 0.15) is 11.6 Å². The highest BCUT2D eigenvalue weighted by molar-refractivity contribution is 6.33. The van der Waals surface area contributed by atoms with Crippen molar-refractivity contribution < 1.29 is 0 Å². The lowest BCUT2D eigenvalue weighted by atomic mass is 9.82. The van der Waals surface area contributed by atoms with Gasteiger partial charge >= 0.3 is 0 Å². The second-order valence-corrected chi connectivity index (χ2v) is 13.2. The molecule has 4 heterocycles. The predicted octanol–water partition coefficient (Wildman–Crippen LogP) is 10.1. The van der Waals surface area contributed by atoms with Crippen molar-refractivity contribution in [3.05, 3.63) is 118 Å². The summed E-state index contributed by atoms with van der Waals surface area (Å²) in [6, 6.07) is 26.3. The van der Waals surface area contributed by atoms with Crippen molar-refractivity contribution in [3.8, 4) is 45.0 Å². The van der Waals surface area contributed by atoms with Crippen molar-refractivity contribution in [1.29, 1.82) is 0 Å². The van der Waals surface area contributed by atoms with Crippen molar-refractivity contribution in [2.24, 2.45) is 0 Å². The summed E-state index contributed by atoms with van der Waals surface area (Å²) in [7, 11) is 0. The Hall–Kier alpha value is -5.62. The maximum Gasteiger partial charge on any atom is 0.126 e. The molecule has 0 bridgehead atoms. The van der Waals surface area contributed by atoms with Crippen molar-refractivity contribution in [2.75, 3.05) is 0 Å². The molecule has 0 spiro atoms. The van der Waals surface area contributed by atoms with E-state index in [4.69, 9.17) is 19.9 Å². The van der Waals surface area contributed by atoms with Crippen molar-refractivity contribution >= 4 is 32.3 Å². The van der Waals surface area contributed by atoms with E-state index in [0.717, 1.165) is 101 Å². The van der Waals surface area contributed by atoms with E-state index in [-0.39, 0.29) is 0 Å². The molecule has 0 fully saturated rings. The molecule has 0 aliphatic carbocycles. The summed E-state index contributed by atoms with van der Waals surface area (Å²) in [4.78, 5) is 29.4. The van der Waals surface area contributed by atoms with Crippen molar-refractivity contribution in [3.63, 3.8) is 0 Å². The molecule has 0 saturated heterocycles. The van der Waals surface area contributed by atoms with E-state index >= 15 is 0 Å². The van der Waals surface area contributed by atoms with Crippen LogP contribution in [0.1, 0.15) is 45.6 Å². The zero-order chi connectivity index (χ0) is 33.4. The van der Waals surface area contributed by atoms with Gasteiger partial charge in [0.15, 0.2) is 0 Å². The van der Waals surface area contributed by atoms with Crippen LogP contribution >= 0.6 is 0 Å². The smallest absolute Gasteiger partial charge is 0.126 e. The molecular weight excluding hydrogens is 589 g/mol. The van der Waals surface area contributed by atoms with Crippen LogP contribution in [0.2, 0.25) is 0 Å². The number of rotatable bonds is 4. The molecule has 8 aromatic rings. The third-order valence-electron chi connectivity index (χ3n) is 9.14. The number of aryl methyl sites for hydroxylation is 8. The number of benzene rings is 4. The van der Waals surface area contributed by atoms with E-state index in [1.54, 1.807) is 0 Å². The third-order valence-corrected chi connectivity index (χ3v) is 9.14. The molecule has 0 amide bonds. The summed E-state index contributed by atoms with van der Waals surface area (Å²) in [5.74, 6) is 1.47. The largest absolute Gasteiger partial charge is 0.253 e. The summed E-state index contributed by atoms with van der Waals surface area (Å²) < 4.78 is 0. The summed E-state index contributed by atoms with van der Waals surface area (Å²) >= 11 is 0. The van der Waals surface area contributed by atoms with E-state index in [0.29, 0.717) is 0 Å². The average molecular weight is 625 g/mol. The molecule has 234 valence electrons. The van der Waals surface area contributed by atoms with E-state index in [1.807, 2.05) is 27.7 Å². The maximum atomic E-state index is 5.06. The summed E-state index contributed by atoms with van der Waals surface area (Å²) in [5.41, 5.74) is 14.2. The molecule has 4 aromatic carbocycles. The molecule has 6 heteroatoms. The van der Waals surface area contributed by atoms with Gasteiger partial charge in [-0.3, -0.25) is 9.97 Å². The van der Waals surface area contributed by atoms with Crippen LogP contribution in [0.3, 0.4) is 0 Å². The molecule has 48 heavy (non-hydrogen) atoms. The molecule has 0 aliphatic rings. The molecule has 4 aromatic heterocycles. The van der Waals surface area contributed by atoms with Gasteiger partial charge in [-0.25, -0.2) is 19.9 Å². The number of hydrogen-bond donors (Lipinski definition) is 0. The van der Waals surface area contributed by atoms with Gasteiger partial charge in [-0.15, -0.1) is 0 Å². The van der Waals surface area contributed by atoms with E-state index < -0.39 is 0 Å². The Kier molecular flexibility index (Phi) is 6.81. The first-order valence-electron chi connectivity index (χ1n) is 16.4. The summed E-state index contributed by atoms with van der Waals surface area (Å²) in [6.45, 7) is 16.4. The van der Waals surface area contributed by atoms with Crippen molar-refractivity contribution in [1.82, 2.24) is 29.9 Å². The van der Waals surface area contributed by atoms with Crippen LogP contribution in [0.4, 0.5) is 0 Å². The molecule has 0 radical (unpaired) electrons. The van der Waals surface area contributed by atoms with Gasteiger partial charge in [-0.2, -0.15) is 0 Å². The Labute approximate surface area is 280 Å². The number of aromatic nitrogens is 6. The first kappa shape index (κ1) is 29.8. The molecule has 0 aliphatic heterocycles. The minimum atomic E-state index is 0.736. The molecule has 0 atom stereocenters. The number of nitrogens with zero attached hydrogens (tertiary/aromatic N) is 6. The first-order chi connectivity index (χ1) is 23.0. The Morgan fingerprint density at radius 3 is 1.08 bits per heavy atom. The van der Waals surface area contributed by atoms with Gasteiger partial charge < -0.3 is 0 Å². The fourth-order valence-electron chi connectivity index (χ4n) is 7.60. The van der Waals surface area contributed by atoms with E-state index in [9.17, 15) is 0 Å². The Morgan fingerprint density at radius 1 is 0.333 bits per heavy atom. The highest BCUT2D eigenvalue weighted by Gasteiger charge is 2.25. The Morgan fingerprint density at radius 2 is 0.708 bits per heavy atom. The first-order valence-corrected chi connectivity index (χ1v) is 16.4. The highest BCUT2D eigenvalue weighted by atomic mass is 14.9. The lowest BCUT2D eigenvalue weighted by Gasteiger charge is -2.23. The van der Waals surface area contributed by atoms with E-state index in [1.165, 1.54) is 21.9 Å². The van der Waals surface area contributed by atoms with Gasteiger partial charge in [0, 0.05) is 45.0 Å². The number of hydrogen-bond acceptors (Lipinski definition) is 6. The topological polar surface area (TPSA) is 77.3 Å². The van der Waals surface area contributed by atoms with Crippen LogP contribution < -0.4 is 0 Å². The molecule has 0 unspecified atom stereocenters. The zero-order valence-corrected chi connectivity index (χ0v) is 28.6. The molecule has 6 nitrogen and oxygen atoms in total. The van der Waals surface area contributed by atoms with Gasteiger partial charge in [-0.1, -0.05) is 36.4 Å². The van der Waals surface area contributed by atoms with Gasteiger partial charge in [0.25, 0.3) is 0 Å². The summed E-state index contributed by atoms with van der Waals surface area (Å²) in [6.07, 6.45) is 0. The quantitative estimate of drug-likeness (QED) is 0.181. The SMILES string of the molecule is Cc1cc(C)nc(-c2ccc3c(-c4cc(C)nc(C)n4)c(-c4cc(C)nc(C)n4)c4ccc(-c5cc(C)cc(C)n5)c5ccc2c3c54)c1. The Balaban J connectivity index is 1.62. The van der Waals surface area contributed by atoms with Crippen LogP contribution in [0.15, 0.2) is 72.8 Å². The maximum absolute atomic E-state index is 5.06. The van der Waals surface area contributed by atoms with Crippen LogP contribution in [0, 0.1) is 55.4 Å². The van der Waals surface area contributed by atoms with Crippen LogP contribution in [0.25, 0.3) is 77.3 Å². The lowest BCUT2D eigenvalue weighted by molar-refractivity contribution is 1.01. The highest BCUT2D eigenvalue weighted by Crippen LogP contribution is 2.50. The normalized spacial score (nSPS) is 11.8. The van der Waals surface area contributed by atoms with E-state index in [2.05, 4.69) is 110 Å². The standard InChI is InChI=1S/C42H36N6/c1-21-15-23(3)45-35(17-21)29-9-13-33-39-31(29)11-12-32-30(36-18-22(2)16-24(4)46-36)10-14-34(40(32)39)42(38-20-26(6)44-28(8)48-38)41(33)37-19-25(5)43-27(7)47-37/h9-20H,1-8H3. The van der Waals surface area contributed by atoms with Crippen LogP contribution in [-0.4, -0.2) is 29.9 Å². The minimum Gasteiger partial charge on any atom is -0.253 e. The average Bonchev–Trinajstić information content (AvgIpc) is 3.01. The second kappa shape index (κ2) is 11.0. The summed E-state index contributed by atoms with van der Waals surface area (Å²) in [5, 5.41) is 6.90. The number of pyridine rings is 2. The zero-order valence-electron chi connectivity index (χ0n) is 28.6. The van der Waals surface area contributed by atoms with Gasteiger partial charge in [-0.05, 0) is 135 Å². The fraction of sp³-hybridized carbons (Fsp3) is 0.190. The monoisotopic (exact) mass is 624 g/mol. The molecular formula is C42H36N6. The predicted molar refractivity (Wildman–Crippen MR) is 197 cm³/mol.